The van der Waals surface area contributed by atoms with Gasteiger partial charge >= 0.3 is 0 Å². The minimum absolute atomic E-state index is 0. The highest BCUT2D eigenvalue weighted by Crippen LogP contribution is 2.48. The van der Waals surface area contributed by atoms with Gasteiger partial charge in [-0.05, 0) is 43.2 Å². The number of benzene rings is 1. The quantitative estimate of drug-likeness (QED) is 0.335. The van der Waals surface area contributed by atoms with Crippen LogP contribution in [0, 0.1) is 5.41 Å². The molecule has 0 radical (unpaired) electrons. The van der Waals surface area contributed by atoms with Gasteiger partial charge in [-0.3, -0.25) is 4.99 Å². The number of hydrogen-bond donors (Lipinski definition) is 2. The van der Waals surface area contributed by atoms with Crippen molar-refractivity contribution in [3.05, 3.63) is 24.3 Å². The first-order valence-electron chi connectivity index (χ1n) is 9.54. The Balaban J connectivity index is 0.00000261. The Morgan fingerprint density at radius 1 is 1.30 bits per heavy atom. The van der Waals surface area contributed by atoms with E-state index >= 15 is 0 Å². The van der Waals surface area contributed by atoms with Crippen LogP contribution >= 0.6 is 24.0 Å². The highest BCUT2D eigenvalue weighted by molar-refractivity contribution is 14.0. The number of rotatable bonds is 8. The minimum Gasteiger partial charge on any atom is -0.495 e. The molecule has 0 aromatic heterocycles. The molecule has 1 aliphatic carbocycles. The predicted octanol–water partition coefficient (Wildman–Crippen LogP) is 2.87. The summed E-state index contributed by atoms with van der Waals surface area (Å²) in [5.74, 6) is 1.84. The first-order chi connectivity index (χ1) is 12.7. The zero-order valence-corrected chi connectivity index (χ0v) is 19.0. The molecule has 0 amide bonds. The number of guanidine groups is 1. The summed E-state index contributed by atoms with van der Waals surface area (Å²) in [6.07, 6.45) is 4.78. The van der Waals surface area contributed by atoms with Gasteiger partial charge in [-0.2, -0.15) is 0 Å². The molecule has 1 aromatic carbocycles. The highest BCUT2D eigenvalue weighted by atomic mass is 127. The second kappa shape index (κ2) is 10.4. The number of ether oxygens (including phenoxy) is 2. The van der Waals surface area contributed by atoms with Crippen LogP contribution in [0.5, 0.6) is 5.75 Å². The molecule has 0 spiro atoms. The van der Waals surface area contributed by atoms with Gasteiger partial charge in [0.1, 0.15) is 5.75 Å². The summed E-state index contributed by atoms with van der Waals surface area (Å²) in [5.41, 5.74) is 1.57. The number of methoxy groups -OCH3 is 2. The zero-order valence-electron chi connectivity index (χ0n) is 16.7. The number of anilines is 1. The summed E-state index contributed by atoms with van der Waals surface area (Å²) in [7, 11) is 5.35. The van der Waals surface area contributed by atoms with Crippen LogP contribution in [0.1, 0.15) is 25.7 Å². The van der Waals surface area contributed by atoms with Crippen molar-refractivity contribution in [1.29, 1.82) is 0 Å². The molecule has 1 heterocycles. The van der Waals surface area contributed by atoms with E-state index in [0.717, 1.165) is 50.8 Å². The molecule has 6 nitrogen and oxygen atoms in total. The molecular formula is C20H33IN4O2. The Hall–Kier alpha value is -1.22. The molecule has 0 bridgehead atoms. The van der Waals surface area contributed by atoms with Crippen molar-refractivity contribution in [2.24, 2.45) is 10.4 Å². The van der Waals surface area contributed by atoms with E-state index in [1.807, 2.05) is 19.2 Å². The molecule has 1 aliphatic heterocycles. The number of hydrogen-bond acceptors (Lipinski definition) is 4. The summed E-state index contributed by atoms with van der Waals surface area (Å²) >= 11 is 0. The molecule has 152 valence electrons. The fourth-order valence-electron chi connectivity index (χ4n) is 3.66. The molecule has 2 N–H and O–H groups in total. The van der Waals surface area contributed by atoms with Crippen LogP contribution in [0.3, 0.4) is 0 Å². The number of nitrogens with one attached hydrogen (secondary N) is 2. The lowest BCUT2D eigenvalue weighted by molar-refractivity contribution is 0.172. The van der Waals surface area contributed by atoms with E-state index in [4.69, 9.17) is 9.47 Å². The second-order valence-corrected chi connectivity index (χ2v) is 7.42. The van der Waals surface area contributed by atoms with E-state index in [2.05, 4.69) is 32.7 Å². The third-order valence-electron chi connectivity index (χ3n) is 5.60. The second-order valence-electron chi connectivity index (χ2n) is 7.42. The van der Waals surface area contributed by atoms with E-state index in [1.165, 1.54) is 18.5 Å². The molecule has 1 saturated heterocycles. The van der Waals surface area contributed by atoms with E-state index in [9.17, 15) is 0 Å². The Morgan fingerprint density at radius 3 is 2.74 bits per heavy atom. The molecule has 3 rings (SSSR count). The summed E-state index contributed by atoms with van der Waals surface area (Å²) in [4.78, 5) is 6.79. The zero-order chi connectivity index (χ0) is 18.4. The molecule has 1 aromatic rings. The van der Waals surface area contributed by atoms with Gasteiger partial charge < -0.3 is 25.0 Å². The average Bonchev–Trinajstić information content (AvgIpc) is 3.31. The van der Waals surface area contributed by atoms with E-state index < -0.39 is 0 Å². The van der Waals surface area contributed by atoms with Gasteiger partial charge in [0.15, 0.2) is 5.96 Å². The fourth-order valence-corrected chi connectivity index (χ4v) is 3.66. The van der Waals surface area contributed by atoms with Crippen LogP contribution in [-0.2, 0) is 4.74 Å². The van der Waals surface area contributed by atoms with Gasteiger partial charge in [-0.1, -0.05) is 12.1 Å². The Bertz CT molecular complexity index is 622. The molecule has 1 saturated carbocycles. The Kier molecular flexibility index (Phi) is 8.47. The predicted molar refractivity (Wildman–Crippen MR) is 122 cm³/mol. The monoisotopic (exact) mass is 488 g/mol. The molecule has 1 unspecified atom stereocenters. The molecule has 2 fully saturated rings. The van der Waals surface area contributed by atoms with Crippen molar-refractivity contribution < 1.29 is 9.47 Å². The number of nitrogens with zero attached hydrogens (tertiary/aromatic N) is 2. The Labute approximate surface area is 180 Å². The van der Waals surface area contributed by atoms with Crippen LogP contribution < -0.4 is 20.3 Å². The first kappa shape index (κ1) is 22.1. The summed E-state index contributed by atoms with van der Waals surface area (Å²) in [5, 5.41) is 7.11. The largest absolute Gasteiger partial charge is 0.495 e. The SMILES string of the molecule is CN=C(NCC1(CCOC)CC1)NC1CCN(c2ccccc2OC)C1.I. The van der Waals surface area contributed by atoms with Crippen LogP contribution in [0.4, 0.5) is 5.69 Å². The molecular weight excluding hydrogens is 455 g/mol. The lowest BCUT2D eigenvalue weighted by atomic mass is 10.0. The van der Waals surface area contributed by atoms with Crippen molar-refractivity contribution in [3.63, 3.8) is 0 Å². The van der Waals surface area contributed by atoms with Crippen molar-refractivity contribution in [1.82, 2.24) is 10.6 Å². The van der Waals surface area contributed by atoms with Crippen LogP contribution in [0.15, 0.2) is 29.3 Å². The maximum Gasteiger partial charge on any atom is 0.191 e. The van der Waals surface area contributed by atoms with Crippen molar-refractivity contribution in [2.75, 3.05) is 52.4 Å². The van der Waals surface area contributed by atoms with Crippen molar-refractivity contribution in [3.8, 4) is 5.75 Å². The van der Waals surface area contributed by atoms with E-state index in [0.29, 0.717) is 11.5 Å². The smallest absolute Gasteiger partial charge is 0.191 e. The van der Waals surface area contributed by atoms with Gasteiger partial charge in [0.25, 0.3) is 0 Å². The fraction of sp³-hybridized carbons (Fsp3) is 0.650. The van der Waals surface area contributed by atoms with Crippen molar-refractivity contribution in [2.45, 2.75) is 31.7 Å². The molecule has 1 atom stereocenters. The third-order valence-corrected chi connectivity index (χ3v) is 5.60. The van der Waals surface area contributed by atoms with Crippen LogP contribution in [0.25, 0.3) is 0 Å². The minimum atomic E-state index is 0. The number of para-hydroxylation sites is 2. The van der Waals surface area contributed by atoms with Gasteiger partial charge in [-0.25, -0.2) is 0 Å². The van der Waals surface area contributed by atoms with Gasteiger partial charge in [-0.15, -0.1) is 24.0 Å². The summed E-state index contributed by atoms with van der Waals surface area (Å²) in [6.45, 7) is 3.78. The summed E-state index contributed by atoms with van der Waals surface area (Å²) < 4.78 is 10.7. The Morgan fingerprint density at radius 2 is 2.07 bits per heavy atom. The maximum atomic E-state index is 5.50. The van der Waals surface area contributed by atoms with E-state index in [1.54, 1.807) is 14.2 Å². The number of aliphatic imine (C=N–C) groups is 1. The van der Waals surface area contributed by atoms with Crippen molar-refractivity contribution >= 4 is 35.6 Å². The van der Waals surface area contributed by atoms with E-state index in [-0.39, 0.29) is 24.0 Å². The first-order valence-corrected chi connectivity index (χ1v) is 9.54. The average molecular weight is 488 g/mol. The maximum absolute atomic E-state index is 5.50. The molecule has 2 aliphatic rings. The number of halogens is 1. The highest BCUT2D eigenvalue weighted by Gasteiger charge is 2.42. The van der Waals surface area contributed by atoms with Crippen LogP contribution in [-0.4, -0.2) is 59.5 Å². The third kappa shape index (κ3) is 5.88. The molecule has 7 heteroatoms. The lowest BCUT2D eigenvalue weighted by Crippen LogP contribution is -2.46. The van der Waals surface area contributed by atoms with Crippen LogP contribution in [0.2, 0.25) is 0 Å². The lowest BCUT2D eigenvalue weighted by Gasteiger charge is -2.23. The van der Waals surface area contributed by atoms with Gasteiger partial charge in [0.2, 0.25) is 0 Å². The summed E-state index contributed by atoms with van der Waals surface area (Å²) in [6, 6.07) is 8.61. The normalized spacial score (nSPS) is 20.8. The van der Waals surface area contributed by atoms with Gasteiger partial charge in [0, 0.05) is 46.4 Å². The van der Waals surface area contributed by atoms with Gasteiger partial charge in [0.05, 0.1) is 12.8 Å². The molecule has 27 heavy (non-hydrogen) atoms. The standard InChI is InChI=1S/C20H32N4O2.HI/c1-21-19(22-15-20(9-10-20)11-13-25-2)23-16-8-12-24(14-16)17-6-4-5-7-18(17)26-3;/h4-7,16H,8-15H2,1-3H3,(H2,21,22,23);1H. The topological polar surface area (TPSA) is 58.1 Å².